The Bertz CT molecular complexity index is 471. The summed E-state index contributed by atoms with van der Waals surface area (Å²) in [6, 6.07) is 5.02. The van der Waals surface area contributed by atoms with Crippen molar-refractivity contribution in [3.8, 4) is 0 Å². The van der Waals surface area contributed by atoms with Crippen LogP contribution in [0.1, 0.15) is 29.6 Å². The third-order valence-corrected chi connectivity index (χ3v) is 5.30. The summed E-state index contributed by atoms with van der Waals surface area (Å²) in [4.78, 5) is 12.2. The molecule has 0 radical (unpaired) electrons. The molecule has 2 rings (SSSR count). The Morgan fingerprint density at radius 3 is 2.79 bits per heavy atom. The molecule has 19 heavy (non-hydrogen) atoms. The Labute approximate surface area is 122 Å². The lowest BCUT2D eigenvalue weighted by Gasteiger charge is -2.40. The number of rotatable bonds is 5. The van der Waals surface area contributed by atoms with Gasteiger partial charge in [-0.3, -0.25) is 10.6 Å². The standard InChI is InChI=1S/C13H18ClN3OS/c1-19-13(5-2-6-13)8-16-12(18)10-7-9(14)3-4-11(10)17-15/h3-4,7,17H,2,5-6,8,15H2,1H3,(H,16,18). The van der Waals surface area contributed by atoms with Crippen molar-refractivity contribution in [2.75, 3.05) is 18.2 Å². The molecule has 1 aliphatic rings. The Morgan fingerprint density at radius 2 is 2.26 bits per heavy atom. The molecule has 104 valence electrons. The second-order valence-corrected chi connectivity index (χ2v) is 6.47. The number of hydrazine groups is 1. The smallest absolute Gasteiger partial charge is 0.253 e. The summed E-state index contributed by atoms with van der Waals surface area (Å²) in [7, 11) is 0. The number of carbonyl (C=O) groups excluding carboxylic acids is 1. The van der Waals surface area contributed by atoms with E-state index in [1.165, 1.54) is 6.42 Å². The van der Waals surface area contributed by atoms with E-state index in [0.29, 0.717) is 22.8 Å². The molecular formula is C13H18ClN3OS. The molecule has 6 heteroatoms. The summed E-state index contributed by atoms with van der Waals surface area (Å²) in [6.45, 7) is 0.684. The third-order valence-electron chi connectivity index (χ3n) is 3.65. The molecule has 0 aliphatic heterocycles. The van der Waals surface area contributed by atoms with E-state index in [2.05, 4.69) is 17.0 Å². The summed E-state index contributed by atoms with van der Waals surface area (Å²) < 4.78 is 0.213. The number of amides is 1. The molecule has 4 N–H and O–H groups in total. The number of hydrogen-bond donors (Lipinski definition) is 3. The fourth-order valence-electron chi connectivity index (χ4n) is 2.19. The van der Waals surface area contributed by atoms with Gasteiger partial charge in [-0.25, -0.2) is 0 Å². The normalized spacial score (nSPS) is 16.6. The van der Waals surface area contributed by atoms with Crippen molar-refractivity contribution in [1.82, 2.24) is 5.32 Å². The minimum absolute atomic E-state index is 0.143. The van der Waals surface area contributed by atoms with Crippen LogP contribution in [-0.4, -0.2) is 23.5 Å². The highest BCUT2D eigenvalue weighted by Crippen LogP contribution is 2.42. The van der Waals surface area contributed by atoms with Gasteiger partial charge in [0.1, 0.15) is 0 Å². The van der Waals surface area contributed by atoms with Crippen molar-refractivity contribution in [2.45, 2.75) is 24.0 Å². The average Bonchev–Trinajstić information content (AvgIpc) is 2.37. The summed E-state index contributed by atoms with van der Waals surface area (Å²) >= 11 is 7.75. The maximum Gasteiger partial charge on any atom is 0.253 e. The molecule has 0 aromatic heterocycles. The number of thioether (sulfide) groups is 1. The van der Waals surface area contributed by atoms with Crippen LogP contribution in [0.2, 0.25) is 5.02 Å². The lowest BCUT2D eigenvalue weighted by molar-refractivity contribution is 0.0944. The highest BCUT2D eigenvalue weighted by Gasteiger charge is 2.36. The molecule has 4 nitrogen and oxygen atoms in total. The van der Waals surface area contributed by atoms with Crippen LogP contribution in [-0.2, 0) is 0 Å². The van der Waals surface area contributed by atoms with Gasteiger partial charge in [-0.05, 0) is 37.3 Å². The van der Waals surface area contributed by atoms with Gasteiger partial charge < -0.3 is 10.7 Å². The molecule has 0 spiro atoms. The van der Waals surface area contributed by atoms with Crippen molar-refractivity contribution < 1.29 is 4.79 Å². The maximum absolute atomic E-state index is 12.2. The lowest BCUT2D eigenvalue weighted by Crippen LogP contribution is -2.45. The van der Waals surface area contributed by atoms with Crippen LogP contribution in [0.4, 0.5) is 5.69 Å². The second-order valence-electron chi connectivity index (χ2n) is 4.76. The molecule has 1 amide bonds. The van der Waals surface area contributed by atoms with E-state index in [-0.39, 0.29) is 10.7 Å². The number of anilines is 1. The molecule has 0 heterocycles. The Hall–Kier alpha value is -0.910. The van der Waals surface area contributed by atoms with Crippen molar-refractivity contribution >= 4 is 35.0 Å². The molecular weight excluding hydrogens is 282 g/mol. The molecule has 1 fully saturated rings. The van der Waals surface area contributed by atoms with Gasteiger partial charge in [-0.1, -0.05) is 18.0 Å². The predicted molar refractivity (Wildman–Crippen MR) is 81.7 cm³/mol. The number of benzene rings is 1. The van der Waals surface area contributed by atoms with E-state index in [0.717, 1.165) is 12.8 Å². The van der Waals surface area contributed by atoms with Gasteiger partial charge in [-0.2, -0.15) is 11.8 Å². The van der Waals surface area contributed by atoms with Gasteiger partial charge in [0.15, 0.2) is 0 Å². The summed E-state index contributed by atoms with van der Waals surface area (Å²) in [5, 5.41) is 3.50. The molecule has 1 aromatic carbocycles. The number of hydrogen-bond acceptors (Lipinski definition) is 4. The van der Waals surface area contributed by atoms with E-state index in [9.17, 15) is 4.79 Å². The first kappa shape index (κ1) is 14.5. The first-order chi connectivity index (χ1) is 9.10. The Balaban J connectivity index is 2.05. The topological polar surface area (TPSA) is 67.2 Å². The van der Waals surface area contributed by atoms with Crippen LogP contribution in [0.25, 0.3) is 0 Å². The summed E-state index contributed by atoms with van der Waals surface area (Å²) in [5.74, 6) is 5.26. The maximum atomic E-state index is 12.2. The largest absolute Gasteiger partial charge is 0.351 e. The van der Waals surface area contributed by atoms with Crippen LogP contribution in [0.5, 0.6) is 0 Å². The van der Waals surface area contributed by atoms with E-state index in [1.807, 2.05) is 11.8 Å². The van der Waals surface area contributed by atoms with E-state index < -0.39 is 0 Å². The van der Waals surface area contributed by atoms with E-state index in [1.54, 1.807) is 18.2 Å². The van der Waals surface area contributed by atoms with Crippen LogP contribution < -0.4 is 16.6 Å². The average molecular weight is 300 g/mol. The van der Waals surface area contributed by atoms with Gasteiger partial charge in [0.05, 0.1) is 11.3 Å². The quantitative estimate of drug-likeness (QED) is 0.577. The van der Waals surface area contributed by atoms with E-state index in [4.69, 9.17) is 17.4 Å². The number of nitrogens with one attached hydrogen (secondary N) is 2. The number of nitrogens with two attached hydrogens (primary N) is 1. The number of carbonyl (C=O) groups is 1. The monoisotopic (exact) mass is 299 g/mol. The van der Waals surface area contributed by atoms with Gasteiger partial charge in [0.2, 0.25) is 0 Å². The zero-order valence-corrected chi connectivity index (χ0v) is 12.4. The van der Waals surface area contributed by atoms with Crippen LogP contribution in [0, 0.1) is 0 Å². The first-order valence-corrected chi connectivity index (χ1v) is 7.80. The van der Waals surface area contributed by atoms with Crippen molar-refractivity contribution in [3.63, 3.8) is 0 Å². The minimum atomic E-state index is -0.143. The molecule has 1 aliphatic carbocycles. The molecule has 0 saturated heterocycles. The third kappa shape index (κ3) is 3.16. The highest BCUT2D eigenvalue weighted by molar-refractivity contribution is 8.00. The molecule has 0 unspecified atom stereocenters. The molecule has 1 saturated carbocycles. The summed E-state index contributed by atoms with van der Waals surface area (Å²) in [5.41, 5.74) is 3.57. The second kappa shape index (κ2) is 6.03. The van der Waals surface area contributed by atoms with Gasteiger partial charge >= 0.3 is 0 Å². The highest BCUT2D eigenvalue weighted by atomic mass is 35.5. The first-order valence-electron chi connectivity index (χ1n) is 6.20. The van der Waals surface area contributed by atoms with Crippen LogP contribution in [0.3, 0.4) is 0 Å². The fraction of sp³-hybridized carbons (Fsp3) is 0.462. The number of halogens is 1. The van der Waals surface area contributed by atoms with E-state index >= 15 is 0 Å². The number of nitrogen functional groups attached to an aromatic ring is 1. The van der Waals surface area contributed by atoms with Gasteiger partial charge in [-0.15, -0.1) is 0 Å². The minimum Gasteiger partial charge on any atom is -0.351 e. The van der Waals surface area contributed by atoms with Gasteiger partial charge in [0, 0.05) is 16.3 Å². The SMILES string of the molecule is CSC1(CNC(=O)c2cc(Cl)ccc2NN)CCC1. The zero-order valence-electron chi connectivity index (χ0n) is 10.8. The molecule has 1 aromatic rings. The fourth-order valence-corrected chi connectivity index (χ4v) is 3.28. The van der Waals surface area contributed by atoms with Crippen LogP contribution >= 0.6 is 23.4 Å². The van der Waals surface area contributed by atoms with Crippen molar-refractivity contribution in [3.05, 3.63) is 28.8 Å². The molecule has 0 bridgehead atoms. The Kier molecular flexibility index (Phi) is 4.60. The molecule has 0 atom stereocenters. The summed E-state index contributed by atoms with van der Waals surface area (Å²) in [6.07, 6.45) is 5.65. The van der Waals surface area contributed by atoms with Crippen LogP contribution in [0.15, 0.2) is 18.2 Å². The lowest BCUT2D eigenvalue weighted by atomic mass is 9.84. The van der Waals surface area contributed by atoms with Gasteiger partial charge in [0.25, 0.3) is 5.91 Å². The van der Waals surface area contributed by atoms with Crippen molar-refractivity contribution in [1.29, 1.82) is 0 Å². The predicted octanol–water partition coefficient (Wildman–Crippen LogP) is 2.64. The van der Waals surface area contributed by atoms with Crippen molar-refractivity contribution in [2.24, 2.45) is 5.84 Å². The Morgan fingerprint density at radius 1 is 1.53 bits per heavy atom. The zero-order chi connectivity index (χ0) is 13.9.